The zero-order valence-corrected chi connectivity index (χ0v) is 6.85. The van der Waals surface area contributed by atoms with Gasteiger partial charge in [0.2, 0.25) is 0 Å². The van der Waals surface area contributed by atoms with Gasteiger partial charge >= 0.3 is 0 Å². The Morgan fingerprint density at radius 2 is 2.10 bits per heavy atom. The van der Waals surface area contributed by atoms with Crippen LogP contribution in [0.2, 0.25) is 0 Å². The summed E-state index contributed by atoms with van der Waals surface area (Å²) in [4.78, 5) is 0. The van der Waals surface area contributed by atoms with Crippen molar-refractivity contribution in [1.82, 2.24) is 0 Å². The van der Waals surface area contributed by atoms with Crippen molar-refractivity contribution in [3.63, 3.8) is 0 Å². The summed E-state index contributed by atoms with van der Waals surface area (Å²) in [5.41, 5.74) is 3.02. The third-order valence-electron chi connectivity index (χ3n) is 2.51. The molecule has 10 heavy (non-hydrogen) atoms. The second kappa shape index (κ2) is 3.20. The van der Waals surface area contributed by atoms with Crippen molar-refractivity contribution >= 4 is 0 Å². The maximum absolute atomic E-state index is 8.87. The third kappa shape index (κ3) is 1.60. The molecule has 1 atom stereocenters. The molecule has 0 aromatic rings. The predicted octanol–water partition coefficient (Wildman–Crippen LogP) is 2.12. The van der Waals surface area contributed by atoms with Gasteiger partial charge in [-0.15, -0.1) is 0 Å². The molecule has 0 aromatic heterocycles. The van der Waals surface area contributed by atoms with Gasteiger partial charge < -0.3 is 5.11 Å². The molecule has 0 aliphatic heterocycles. The highest BCUT2D eigenvalue weighted by Gasteiger charge is 2.14. The summed E-state index contributed by atoms with van der Waals surface area (Å²) in [6, 6.07) is 0. The lowest BCUT2D eigenvalue weighted by Gasteiger charge is -2.21. The third-order valence-corrected chi connectivity index (χ3v) is 2.51. The first-order valence-electron chi connectivity index (χ1n) is 4.00. The van der Waals surface area contributed by atoms with Crippen LogP contribution in [0.25, 0.3) is 0 Å². The zero-order chi connectivity index (χ0) is 7.56. The van der Waals surface area contributed by atoms with Crippen molar-refractivity contribution < 1.29 is 5.11 Å². The van der Waals surface area contributed by atoms with Crippen LogP contribution in [0.5, 0.6) is 0 Å². The topological polar surface area (TPSA) is 20.2 Å². The van der Waals surface area contributed by atoms with E-state index >= 15 is 0 Å². The van der Waals surface area contributed by atoms with Crippen LogP contribution in [-0.4, -0.2) is 11.7 Å². The van der Waals surface area contributed by atoms with Crippen molar-refractivity contribution in [3.05, 3.63) is 11.1 Å². The Hall–Kier alpha value is -0.300. The molecule has 58 valence electrons. The molecule has 0 bridgehead atoms. The molecule has 0 saturated carbocycles. The summed E-state index contributed by atoms with van der Waals surface area (Å²) in [6.45, 7) is 4.74. The predicted molar refractivity (Wildman–Crippen MR) is 42.8 cm³/mol. The fourth-order valence-corrected chi connectivity index (χ4v) is 1.50. The van der Waals surface area contributed by atoms with Crippen molar-refractivity contribution in [3.8, 4) is 0 Å². The normalized spacial score (nSPS) is 27.3. The molecule has 0 aromatic carbocycles. The maximum atomic E-state index is 8.87. The lowest BCUT2D eigenvalue weighted by molar-refractivity contribution is 0.213. The van der Waals surface area contributed by atoms with E-state index in [1.165, 1.54) is 24.0 Å². The molecular weight excluding hydrogens is 124 g/mol. The minimum Gasteiger partial charge on any atom is -0.396 e. The molecule has 0 saturated heterocycles. The molecule has 0 radical (unpaired) electrons. The van der Waals surface area contributed by atoms with Gasteiger partial charge in [-0.05, 0) is 39.0 Å². The van der Waals surface area contributed by atoms with E-state index in [0.717, 1.165) is 6.42 Å². The van der Waals surface area contributed by atoms with Crippen LogP contribution >= 0.6 is 0 Å². The van der Waals surface area contributed by atoms with Gasteiger partial charge in [0, 0.05) is 6.61 Å². The highest BCUT2D eigenvalue weighted by Crippen LogP contribution is 2.27. The van der Waals surface area contributed by atoms with E-state index in [1.807, 2.05) is 0 Å². The van der Waals surface area contributed by atoms with Gasteiger partial charge in [0.1, 0.15) is 0 Å². The Balaban J connectivity index is 2.54. The first-order valence-corrected chi connectivity index (χ1v) is 4.00. The number of aliphatic hydroxyl groups excluding tert-OH is 1. The molecule has 0 unspecified atom stereocenters. The minimum absolute atomic E-state index is 0.366. The van der Waals surface area contributed by atoms with Crippen molar-refractivity contribution in [1.29, 1.82) is 0 Å². The molecule has 0 heterocycles. The van der Waals surface area contributed by atoms with Gasteiger partial charge in [-0.25, -0.2) is 0 Å². The summed E-state index contributed by atoms with van der Waals surface area (Å²) in [6.07, 6.45) is 3.49. The average Bonchev–Trinajstić information content (AvgIpc) is 1.95. The van der Waals surface area contributed by atoms with Gasteiger partial charge in [0.15, 0.2) is 0 Å². The molecular formula is C9H16O. The summed E-state index contributed by atoms with van der Waals surface area (Å²) in [5.74, 6) is 0.545. The Morgan fingerprint density at radius 3 is 2.60 bits per heavy atom. The van der Waals surface area contributed by atoms with Gasteiger partial charge in [0.05, 0.1) is 0 Å². The van der Waals surface area contributed by atoms with Crippen LogP contribution in [0.15, 0.2) is 11.1 Å². The second-order valence-electron chi connectivity index (χ2n) is 3.35. The average molecular weight is 140 g/mol. The van der Waals surface area contributed by atoms with Crippen LogP contribution in [0.1, 0.15) is 33.1 Å². The van der Waals surface area contributed by atoms with E-state index < -0.39 is 0 Å². The molecule has 1 N–H and O–H groups in total. The lowest BCUT2D eigenvalue weighted by atomic mass is 9.86. The molecule has 1 rings (SSSR count). The fourth-order valence-electron chi connectivity index (χ4n) is 1.50. The number of aliphatic hydroxyl groups is 1. The highest BCUT2D eigenvalue weighted by molar-refractivity contribution is 5.13. The SMILES string of the molecule is CC1=C(C)C[C@@H](CO)CC1. The van der Waals surface area contributed by atoms with E-state index in [4.69, 9.17) is 5.11 Å². The smallest absolute Gasteiger partial charge is 0.0462 e. The van der Waals surface area contributed by atoms with E-state index in [0.29, 0.717) is 12.5 Å². The minimum atomic E-state index is 0.366. The Labute approximate surface area is 62.8 Å². The molecule has 0 spiro atoms. The van der Waals surface area contributed by atoms with Crippen molar-refractivity contribution in [2.24, 2.45) is 5.92 Å². The molecule has 1 heteroatoms. The molecule has 1 aliphatic rings. The maximum Gasteiger partial charge on any atom is 0.0462 e. The van der Waals surface area contributed by atoms with Crippen LogP contribution < -0.4 is 0 Å². The molecule has 0 fully saturated rings. The lowest BCUT2D eigenvalue weighted by Crippen LogP contribution is -2.11. The fraction of sp³-hybridized carbons (Fsp3) is 0.778. The molecule has 1 nitrogen and oxygen atoms in total. The van der Waals surface area contributed by atoms with Crippen LogP contribution in [-0.2, 0) is 0 Å². The largest absolute Gasteiger partial charge is 0.396 e. The summed E-state index contributed by atoms with van der Waals surface area (Å²) >= 11 is 0. The van der Waals surface area contributed by atoms with Crippen molar-refractivity contribution in [2.75, 3.05) is 6.61 Å². The number of hydrogen-bond donors (Lipinski definition) is 1. The van der Waals surface area contributed by atoms with E-state index in [2.05, 4.69) is 13.8 Å². The van der Waals surface area contributed by atoms with Gasteiger partial charge in [-0.2, -0.15) is 0 Å². The Bertz CT molecular complexity index is 147. The molecule has 1 aliphatic carbocycles. The van der Waals surface area contributed by atoms with E-state index in [9.17, 15) is 0 Å². The van der Waals surface area contributed by atoms with E-state index in [1.54, 1.807) is 0 Å². The van der Waals surface area contributed by atoms with Crippen LogP contribution in [0.4, 0.5) is 0 Å². The van der Waals surface area contributed by atoms with E-state index in [-0.39, 0.29) is 0 Å². The zero-order valence-electron chi connectivity index (χ0n) is 6.85. The van der Waals surface area contributed by atoms with Gasteiger partial charge in [-0.1, -0.05) is 11.1 Å². The standard InChI is InChI=1S/C9H16O/c1-7-3-4-9(6-10)5-8(7)2/h9-10H,3-6H2,1-2H3/t9-/m0/s1. The second-order valence-corrected chi connectivity index (χ2v) is 3.35. The summed E-state index contributed by atoms with van der Waals surface area (Å²) < 4.78 is 0. The monoisotopic (exact) mass is 140 g/mol. The Morgan fingerprint density at radius 1 is 1.40 bits per heavy atom. The van der Waals surface area contributed by atoms with Gasteiger partial charge in [-0.3, -0.25) is 0 Å². The van der Waals surface area contributed by atoms with Gasteiger partial charge in [0.25, 0.3) is 0 Å². The number of hydrogen-bond acceptors (Lipinski definition) is 1. The summed E-state index contributed by atoms with van der Waals surface area (Å²) in [5, 5.41) is 8.87. The van der Waals surface area contributed by atoms with Crippen molar-refractivity contribution in [2.45, 2.75) is 33.1 Å². The quantitative estimate of drug-likeness (QED) is 0.553. The first-order chi connectivity index (χ1) is 4.74. The Kier molecular flexibility index (Phi) is 2.50. The highest BCUT2D eigenvalue weighted by atomic mass is 16.3. The number of allylic oxidation sites excluding steroid dienone is 2. The summed E-state index contributed by atoms with van der Waals surface area (Å²) in [7, 11) is 0. The first kappa shape index (κ1) is 7.80. The van der Waals surface area contributed by atoms with Crippen LogP contribution in [0, 0.1) is 5.92 Å². The molecule has 0 amide bonds. The van der Waals surface area contributed by atoms with Crippen LogP contribution in [0.3, 0.4) is 0 Å². The number of rotatable bonds is 1.